The molecule has 0 unspecified atom stereocenters. The zero-order chi connectivity index (χ0) is 21.3. The summed E-state index contributed by atoms with van der Waals surface area (Å²) in [6.07, 6.45) is 9.71. The van der Waals surface area contributed by atoms with E-state index in [9.17, 15) is 5.11 Å². The third-order valence-electron chi connectivity index (χ3n) is 8.25. The molecule has 3 aliphatic rings. The normalized spacial score (nSPS) is 31.9. The molecular formula is C24H44O4Si. The Balaban J connectivity index is 1.80. The monoisotopic (exact) mass is 424 g/mol. The van der Waals surface area contributed by atoms with Crippen molar-refractivity contribution < 1.29 is 19.0 Å². The molecule has 0 radical (unpaired) electrons. The molecule has 5 heteroatoms. The maximum Gasteiger partial charge on any atom is 0.191 e. The summed E-state index contributed by atoms with van der Waals surface area (Å²) < 4.78 is 19.5. The molecule has 1 N–H and O–H groups in total. The standard InChI is InChI=1S/C24H44O4Si/c1-19-17-21-11-10-20(9-7-13-25)23(21,24(18-19)26-15-16-27-24)12-8-14-28-29(5,6)22(2,3)4/h10,19,21,25H,7-9,11-18H2,1-6H3/t19-,21-,23-/m1/s1. The second-order valence-corrected chi connectivity index (χ2v) is 16.0. The molecule has 3 rings (SSSR count). The topological polar surface area (TPSA) is 47.9 Å². The molecule has 3 atom stereocenters. The van der Waals surface area contributed by atoms with Crippen LogP contribution in [0.1, 0.15) is 72.6 Å². The highest BCUT2D eigenvalue weighted by Crippen LogP contribution is 2.64. The SMILES string of the molecule is C[C@@H]1C[C@H]2CC=C(CCCO)[C@@]2(CCCO[Si](C)(C)C(C)(C)C)C2(C1)OCCO2. The van der Waals surface area contributed by atoms with E-state index in [0.717, 1.165) is 45.1 Å². The summed E-state index contributed by atoms with van der Waals surface area (Å²) in [6.45, 7) is 16.4. The first kappa shape index (κ1) is 23.5. The fraction of sp³-hybridized carbons (Fsp3) is 0.917. The van der Waals surface area contributed by atoms with Gasteiger partial charge in [-0.05, 0) is 68.5 Å². The van der Waals surface area contributed by atoms with Crippen LogP contribution in [0.3, 0.4) is 0 Å². The number of rotatable bonds is 8. The molecule has 0 aromatic carbocycles. The quantitative estimate of drug-likeness (QED) is 0.310. The highest BCUT2D eigenvalue weighted by molar-refractivity contribution is 6.74. The maximum atomic E-state index is 9.48. The van der Waals surface area contributed by atoms with Crippen molar-refractivity contribution in [2.45, 2.75) is 96.6 Å². The second kappa shape index (κ2) is 8.74. The van der Waals surface area contributed by atoms with E-state index in [2.05, 4.69) is 46.9 Å². The Morgan fingerprint density at radius 2 is 1.90 bits per heavy atom. The number of fused-ring (bicyclic) bond motifs is 2. The van der Waals surface area contributed by atoms with Crippen molar-refractivity contribution in [3.8, 4) is 0 Å². The van der Waals surface area contributed by atoms with E-state index in [1.807, 2.05) is 0 Å². The van der Waals surface area contributed by atoms with E-state index in [-0.39, 0.29) is 17.1 Å². The summed E-state index contributed by atoms with van der Waals surface area (Å²) in [6, 6.07) is 0. The van der Waals surface area contributed by atoms with Crippen molar-refractivity contribution in [2.24, 2.45) is 17.3 Å². The van der Waals surface area contributed by atoms with Crippen LogP contribution in [0.25, 0.3) is 0 Å². The van der Waals surface area contributed by atoms with Gasteiger partial charge in [-0.25, -0.2) is 0 Å². The summed E-state index contributed by atoms with van der Waals surface area (Å²) in [4.78, 5) is 0. The molecule has 1 saturated heterocycles. The Morgan fingerprint density at radius 1 is 1.21 bits per heavy atom. The minimum absolute atomic E-state index is 0.0397. The van der Waals surface area contributed by atoms with E-state index < -0.39 is 14.1 Å². The van der Waals surface area contributed by atoms with Gasteiger partial charge in [0.15, 0.2) is 14.1 Å². The predicted molar refractivity (Wildman–Crippen MR) is 120 cm³/mol. The smallest absolute Gasteiger partial charge is 0.191 e. The fourth-order valence-corrected chi connectivity index (χ4v) is 6.96. The van der Waals surface area contributed by atoms with Gasteiger partial charge in [0.05, 0.1) is 13.2 Å². The number of allylic oxidation sites excluding steroid dienone is 1. The molecular weight excluding hydrogens is 380 g/mol. The van der Waals surface area contributed by atoms with Crippen LogP contribution in [0, 0.1) is 17.3 Å². The van der Waals surface area contributed by atoms with Gasteiger partial charge < -0.3 is 19.0 Å². The summed E-state index contributed by atoms with van der Waals surface area (Å²) in [7, 11) is -1.73. The lowest BCUT2D eigenvalue weighted by atomic mass is 9.56. The molecule has 29 heavy (non-hydrogen) atoms. The fourth-order valence-electron chi connectivity index (χ4n) is 5.87. The number of aliphatic hydroxyl groups excluding tert-OH is 1. The van der Waals surface area contributed by atoms with Crippen LogP contribution in [0.15, 0.2) is 11.6 Å². The maximum absolute atomic E-state index is 9.48. The minimum Gasteiger partial charge on any atom is -0.417 e. The zero-order valence-electron chi connectivity index (χ0n) is 19.7. The van der Waals surface area contributed by atoms with Gasteiger partial charge in [-0.2, -0.15) is 0 Å². The molecule has 0 aromatic heterocycles. The summed E-state index contributed by atoms with van der Waals surface area (Å²) >= 11 is 0. The highest BCUT2D eigenvalue weighted by Gasteiger charge is 2.64. The van der Waals surface area contributed by atoms with Crippen molar-refractivity contribution in [2.75, 3.05) is 26.4 Å². The highest BCUT2D eigenvalue weighted by atomic mass is 28.4. The van der Waals surface area contributed by atoms with Crippen molar-refractivity contribution >= 4 is 8.32 Å². The van der Waals surface area contributed by atoms with Crippen LogP contribution in [0.5, 0.6) is 0 Å². The minimum atomic E-state index is -1.73. The molecule has 1 saturated carbocycles. The summed E-state index contributed by atoms with van der Waals surface area (Å²) in [5.41, 5.74) is 1.44. The first-order chi connectivity index (χ1) is 13.6. The molecule has 1 spiro atoms. The Kier molecular flexibility index (Phi) is 7.07. The van der Waals surface area contributed by atoms with Gasteiger partial charge in [0.2, 0.25) is 0 Å². The summed E-state index contributed by atoms with van der Waals surface area (Å²) in [5.74, 6) is 0.746. The number of aliphatic hydroxyl groups is 1. The Labute approximate surface area is 179 Å². The third-order valence-corrected chi connectivity index (χ3v) is 12.8. The number of hydrogen-bond donors (Lipinski definition) is 1. The average Bonchev–Trinajstić information content (AvgIpc) is 3.22. The van der Waals surface area contributed by atoms with E-state index >= 15 is 0 Å². The first-order valence-electron chi connectivity index (χ1n) is 11.8. The summed E-state index contributed by atoms with van der Waals surface area (Å²) in [5, 5.41) is 9.72. The van der Waals surface area contributed by atoms with E-state index in [0.29, 0.717) is 25.0 Å². The molecule has 2 aliphatic carbocycles. The predicted octanol–water partition coefficient (Wildman–Crippen LogP) is 5.67. The molecule has 1 aliphatic heterocycles. The van der Waals surface area contributed by atoms with Crippen LogP contribution < -0.4 is 0 Å². The van der Waals surface area contributed by atoms with Gasteiger partial charge in [0.25, 0.3) is 0 Å². The molecule has 168 valence electrons. The lowest BCUT2D eigenvalue weighted by Crippen LogP contribution is -2.57. The van der Waals surface area contributed by atoms with Gasteiger partial charge in [-0.15, -0.1) is 0 Å². The van der Waals surface area contributed by atoms with Crippen molar-refractivity contribution in [3.63, 3.8) is 0 Å². The van der Waals surface area contributed by atoms with Gasteiger partial charge in [-0.1, -0.05) is 39.3 Å². The van der Waals surface area contributed by atoms with Crippen LogP contribution in [-0.4, -0.2) is 45.6 Å². The van der Waals surface area contributed by atoms with Gasteiger partial charge in [0.1, 0.15) is 0 Å². The van der Waals surface area contributed by atoms with Crippen molar-refractivity contribution in [1.29, 1.82) is 0 Å². The lowest BCUT2D eigenvalue weighted by Gasteiger charge is -2.55. The van der Waals surface area contributed by atoms with Gasteiger partial charge in [0, 0.05) is 25.0 Å². The largest absolute Gasteiger partial charge is 0.417 e. The van der Waals surface area contributed by atoms with Crippen LogP contribution >= 0.6 is 0 Å². The molecule has 0 bridgehead atoms. The number of hydrogen-bond acceptors (Lipinski definition) is 4. The van der Waals surface area contributed by atoms with Crippen molar-refractivity contribution in [1.82, 2.24) is 0 Å². The molecule has 1 heterocycles. The first-order valence-corrected chi connectivity index (χ1v) is 14.7. The molecule has 0 amide bonds. The van der Waals surface area contributed by atoms with Crippen molar-refractivity contribution in [3.05, 3.63) is 11.6 Å². The Bertz CT molecular complexity index is 588. The molecule has 4 nitrogen and oxygen atoms in total. The molecule has 2 fully saturated rings. The van der Waals surface area contributed by atoms with E-state index in [1.165, 1.54) is 12.0 Å². The second-order valence-electron chi connectivity index (χ2n) is 11.2. The lowest BCUT2D eigenvalue weighted by molar-refractivity contribution is -0.268. The zero-order valence-corrected chi connectivity index (χ0v) is 20.7. The van der Waals surface area contributed by atoms with Crippen LogP contribution in [0.2, 0.25) is 18.1 Å². The van der Waals surface area contributed by atoms with E-state index in [4.69, 9.17) is 13.9 Å². The van der Waals surface area contributed by atoms with Gasteiger partial charge >= 0.3 is 0 Å². The third kappa shape index (κ3) is 4.27. The van der Waals surface area contributed by atoms with Gasteiger partial charge in [-0.3, -0.25) is 0 Å². The average molecular weight is 425 g/mol. The molecule has 0 aromatic rings. The van der Waals surface area contributed by atoms with E-state index in [1.54, 1.807) is 0 Å². The Morgan fingerprint density at radius 3 is 2.52 bits per heavy atom. The number of ether oxygens (including phenoxy) is 2. The van der Waals surface area contributed by atoms with Crippen LogP contribution in [0.4, 0.5) is 0 Å². The Hall–Kier alpha value is -0.203. The van der Waals surface area contributed by atoms with Crippen LogP contribution in [-0.2, 0) is 13.9 Å².